The Morgan fingerprint density at radius 1 is 1.13 bits per heavy atom. The van der Waals surface area contributed by atoms with Crippen molar-refractivity contribution in [3.05, 3.63) is 11.6 Å². The molecule has 0 spiro atoms. The summed E-state index contributed by atoms with van der Waals surface area (Å²) in [4.78, 5) is 28.1. The minimum absolute atomic E-state index is 0.243. The van der Waals surface area contributed by atoms with Gasteiger partial charge in [0.05, 0.1) is 30.8 Å². The van der Waals surface area contributed by atoms with Crippen molar-refractivity contribution in [3.8, 4) is 11.4 Å². The third-order valence-corrected chi connectivity index (χ3v) is 6.22. The number of anilines is 2. The van der Waals surface area contributed by atoms with E-state index < -0.39 is 0 Å². The van der Waals surface area contributed by atoms with Gasteiger partial charge in [0.1, 0.15) is 11.4 Å². The second kappa shape index (κ2) is 8.73. The normalized spacial score (nSPS) is 17.8. The van der Waals surface area contributed by atoms with Crippen LogP contribution in [0.5, 0.6) is 0 Å². The van der Waals surface area contributed by atoms with Crippen LogP contribution in [-0.4, -0.2) is 77.3 Å². The van der Waals surface area contributed by atoms with Crippen LogP contribution in [0.1, 0.15) is 18.9 Å². The molecule has 0 aromatic carbocycles. The van der Waals surface area contributed by atoms with Gasteiger partial charge in [0.2, 0.25) is 5.95 Å². The highest BCUT2D eigenvalue weighted by Gasteiger charge is 2.24. The van der Waals surface area contributed by atoms with Crippen LogP contribution in [0, 0.1) is 0 Å². The second-order valence-corrected chi connectivity index (χ2v) is 8.24. The van der Waals surface area contributed by atoms with Crippen LogP contribution in [0.3, 0.4) is 0 Å². The maximum Gasteiger partial charge on any atom is 0.320 e. The molecule has 0 saturated carbocycles. The number of carbonyl (C=O) groups is 1. The van der Waals surface area contributed by atoms with Crippen molar-refractivity contribution in [2.45, 2.75) is 18.9 Å². The van der Waals surface area contributed by atoms with Crippen LogP contribution >= 0.6 is 11.3 Å². The summed E-state index contributed by atoms with van der Waals surface area (Å²) in [5, 5.41) is 13.2. The molecule has 2 aliphatic heterocycles. The number of aromatic nitrogens is 5. The van der Waals surface area contributed by atoms with Crippen LogP contribution in [0.15, 0.2) is 11.6 Å². The molecule has 3 aromatic rings. The minimum atomic E-state index is -0.310. The van der Waals surface area contributed by atoms with Gasteiger partial charge in [0.15, 0.2) is 10.8 Å². The van der Waals surface area contributed by atoms with Crippen LogP contribution in [0.4, 0.5) is 15.9 Å². The minimum Gasteiger partial charge on any atom is -0.381 e. The summed E-state index contributed by atoms with van der Waals surface area (Å²) in [7, 11) is 1.57. The van der Waals surface area contributed by atoms with Crippen LogP contribution < -0.4 is 15.5 Å². The number of fused-ring (bicyclic) bond motifs is 1. The van der Waals surface area contributed by atoms with E-state index in [0.29, 0.717) is 35.7 Å². The first-order chi connectivity index (χ1) is 15.2. The van der Waals surface area contributed by atoms with E-state index in [9.17, 15) is 4.79 Å². The molecule has 2 amide bonds. The Hall–Kier alpha value is -2.83. The van der Waals surface area contributed by atoms with Crippen molar-refractivity contribution in [2.75, 3.05) is 56.8 Å². The van der Waals surface area contributed by atoms with Gasteiger partial charge in [-0.25, -0.2) is 19.4 Å². The van der Waals surface area contributed by atoms with E-state index in [4.69, 9.17) is 19.4 Å². The fraction of sp³-hybridized carbons (Fsp3) is 0.526. The summed E-state index contributed by atoms with van der Waals surface area (Å²) in [5.74, 6) is 0.647. The second-order valence-electron chi connectivity index (χ2n) is 7.38. The molecule has 2 fully saturated rings. The quantitative estimate of drug-likeness (QED) is 0.626. The molecule has 2 saturated heterocycles. The molecular formula is C19H24N8O3S. The molecule has 164 valence electrons. The maximum absolute atomic E-state index is 11.7. The Bertz CT molecular complexity index is 1070. The van der Waals surface area contributed by atoms with Gasteiger partial charge in [-0.1, -0.05) is 0 Å². The molecule has 0 unspecified atom stereocenters. The van der Waals surface area contributed by atoms with Gasteiger partial charge in [-0.3, -0.25) is 5.32 Å². The van der Waals surface area contributed by atoms with Crippen molar-refractivity contribution >= 4 is 39.5 Å². The van der Waals surface area contributed by atoms with Crippen LogP contribution in [0.2, 0.25) is 0 Å². The molecule has 0 bridgehead atoms. The highest BCUT2D eigenvalue weighted by molar-refractivity contribution is 7.14. The molecule has 12 heteroatoms. The van der Waals surface area contributed by atoms with Crippen molar-refractivity contribution < 1.29 is 14.3 Å². The fourth-order valence-corrected chi connectivity index (χ4v) is 4.50. The fourth-order valence-electron chi connectivity index (χ4n) is 3.81. The van der Waals surface area contributed by atoms with E-state index in [1.807, 2.05) is 16.3 Å². The van der Waals surface area contributed by atoms with Gasteiger partial charge in [0.25, 0.3) is 0 Å². The van der Waals surface area contributed by atoms with Crippen LogP contribution in [-0.2, 0) is 9.47 Å². The number of rotatable bonds is 4. The zero-order chi connectivity index (χ0) is 21.2. The SMILES string of the molecule is CNC(=O)Nc1nc(-c2nc(N3CCOCC3)nc3c2cnn3C2CCOCC2)cs1. The lowest BCUT2D eigenvalue weighted by Crippen LogP contribution is -2.37. The van der Waals surface area contributed by atoms with Crippen molar-refractivity contribution in [1.29, 1.82) is 0 Å². The lowest BCUT2D eigenvalue weighted by atomic mass is 10.1. The van der Waals surface area contributed by atoms with Crippen molar-refractivity contribution in [3.63, 3.8) is 0 Å². The number of amides is 2. The molecule has 2 aliphatic rings. The van der Waals surface area contributed by atoms with E-state index in [0.717, 1.165) is 50.2 Å². The molecule has 0 radical (unpaired) electrons. The molecule has 0 aliphatic carbocycles. The first-order valence-electron chi connectivity index (χ1n) is 10.3. The predicted molar refractivity (Wildman–Crippen MR) is 117 cm³/mol. The molecule has 3 aromatic heterocycles. The topological polar surface area (TPSA) is 119 Å². The summed E-state index contributed by atoms with van der Waals surface area (Å²) in [6.07, 6.45) is 3.62. The molecule has 31 heavy (non-hydrogen) atoms. The van der Waals surface area contributed by atoms with Crippen molar-refractivity contribution in [2.24, 2.45) is 0 Å². The van der Waals surface area contributed by atoms with Gasteiger partial charge in [-0.05, 0) is 12.8 Å². The predicted octanol–water partition coefficient (Wildman–Crippen LogP) is 1.89. The van der Waals surface area contributed by atoms with E-state index in [1.54, 1.807) is 7.05 Å². The number of nitrogens with one attached hydrogen (secondary N) is 2. The average molecular weight is 445 g/mol. The van der Waals surface area contributed by atoms with Gasteiger partial charge in [-0.15, -0.1) is 11.3 Å². The van der Waals surface area contributed by atoms with E-state index >= 15 is 0 Å². The number of thiazole rings is 1. The zero-order valence-corrected chi connectivity index (χ0v) is 18.0. The molecule has 11 nitrogen and oxygen atoms in total. The summed E-state index contributed by atoms with van der Waals surface area (Å²) in [6, 6.07) is -0.0671. The number of urea groups is 1. The molecule has 5 heterocycles. The smallest absolute Gasteiger partial charge is 0.320 e. The highest BCUT2D eigenvalue weighted by Crippen LogP contribution is 2.33. The third-order valence-electron chi connectivity index (χ3n) is 5.47. The molecule has 5 rings (SSSR count). The summed E-state index contributed by atoms with van der Waals surface area (Å²) in [6.45, 7) is 4.20. The first-order valence-corrected chi connectivity index (χ1v) is 11.2. The standard InChI is InChI=1S/C19H24N8O3S/c1-20-18(28)25-19-22-14(11-31-19)15-13-10-21-27(12-2-6-29-7-3-12)16(13)24-17(23-15)26-4-8-30-9-5-26/h10-12H,2-9H2,1H3,(H2,20,22,25,28). The van der Waals surface area contributed by atoms with Gasteiger partial charge < -0.3 is 19.7 Å². The van der Waals surface area contributed by atoms with Gasteiger partial charge in [-0.2, -0.15) is 10.1 Å². The maximum atomic E-state index is 11.7. The van der Waals surface area contributed by atoms with Gasteiger partial charge >= 0.3 is 6.03 Å². The average Bonchev–Trinajstić information content (AvgIpc) is 3.46. The Balaban J connectivity index is 1.58. The number of carbonyl (C=O) groups excluding carboxylic acids is 1. The third kappa shape index (κ3) is 4.05. The Labute approximate surface area is 182 Å². The monoisotopic (exact) mass is 444 g/mol. The zero-order valence-electron chi connectivity index (χ0n) is 17.2. The lowest BCUT2D eigenvalue weighted by Gasteiger charge is -2.27. The summed E-state index contributed by atoms with van der Waals surface area (Å²) < 4.78 is 13.0. The number of ether oxygens (including phenoxy) is 2. The molecule has 2 N–H and O–H groups in total. The Morgan fingerprint density at radius 3 is 2.68 bits per heavy atom. The number of nitrogens with zero attached hydrogens (tertiary/aromatic N) is 6. The Morgan fingerprint density at radius 2 is 1.90 bits per heavy atom. The van der Waals surface area contributed by atoms with Crippen molar-refractivity contribution in [1.82, 2.24) is 30.0 Å². The first kappa shape index (κ1) is 20.1. The number of hydrogen-bond donors (Lipinski definition) is 2. The number of morpholine rings is 1. The summed E-state index contributed by atoms with van der Waals surface area (Å²) >= 11 is 1.35. The van der Waals surface area contributed by atoms with Gasteiger partial charge in [0, 0.05) is 38.7 Å². The van der Waals surface area contributed by atoms with E-state index in [1.165, 1.54) is 11.3 Å². The number of hydrogen-bond acceptors (Lipinski definition) is 9. The highest BCUT2D eigenvalue weighted by atomic mass is 32.1. The van der Waals surface area contributed by atoms with E-state index in [2.05, 4.69) is 25.6 Å². The van der Waals surface area contributed by atoms with E-state index in [-0.39, 0.29) is 12.1 Å². The molecule has 0 atom stereocenters. The molecular weight excluding hydrogens is 420 g/mol. The summed E-state index contributed by atoms with van der Waals surface area (Å²) in [5.41, 5.74) is 2.20. The lowest BCUT2D eigenvalue weighted by molar-refractivity contribution is 0.0673. The largest absolute Gasteiger partial charge is 0.381 e. The Kier molecular flexibility index (Phi) is 5.66. The van der Waals surface area contributed by atoms with Crippen LogP contribution in [0.25, 0.3) is 22.4 Å².